The first kappa shape index (κ1) is 45.1. The number of amides is 2. The Labute approximate surface area is 378 Å². The molecule has 2 amide bonds. The van der Waals surface area contributed by atoms with Crippen LogP contribution in [0.3, 0.4) is 0 Å². The molecule has 0 aliphatic rings. The van der Waals surface area contributed by atoms with Crippen molar-refractivity contribution in [3.63, 3.8) is 0 Å². The van der Waals surface area contributed by atoms with Crippen LogP contribution >= 0.6 is 0 Å². The summed E-state index contributed by atoms with van der Waals surface area (Å²) in [5.41, 5.74) is 3.90. The second-order valence-electron chi connectivity index (χ2n) is 15.8. The zero-order chi connectivity index (χ0) is 46.7. The number of aromatic nitrogens is 4. The Hall–Kier alpha value is -7.47. The monoisotopic (exact) mass is 914 g/mol. The van der Waals surface area contributed by atoms with E-state index in [1.54, 1.807) is 121 Å². The summed E-state index contributed by atoms with van der Waals surface area (Å²) in [4.78, 5) is 27.2. The molecule has 0 fully saturated rings. The molecule has 6 atom stereocenters. The second kappa shape index (κ2) is 18.9. The zero-order valence-electron chi connectivity index (χ0n) is 35.7. The van der Waals surface area contributed by atoms with Crippen LogP contribution in [0.25, 0.3) is 33.2 Å². The van der Waals surface area contributed by atoms with Gasteiger partial charge in [-0.1, -0.05) is 42.5 Å². The molecule has 0 aliphatic heterocycles. The largest absolute Gasteiger partial charge is 0.484 e. The van der Waals surface area contributed by atoms with Gasteiger partial charge in [0.1, 0.15) is 35.3 Å². The number of hydrogen-bond acceptors (Lipinski definition) is 10. The lowest BCUT2D eigenvalue weighted by Crippen LogP contribution is -2.54. The van der Waals surface area contributed by atoms with E-state index >= 15 is 0 Å². The summed E-state index contributed by atoms with van der Waals surface area (Å²) in [6.07, 6.45) is -1.89. The number of carbonyl (C=O) groups is 2. The van der Waals surface area contributed by atoms with E-state index in [1.165, 1.54) is 36.4 Å². The van der Waals surface area contributed by atoms with Crippen molar-refractivity contribution in [2.24, 2.45) is 0 Å². The van der Waals surface area contributed by atoms with Crippen molar-refractivity contribution in [3.05, 3.63) is 175 Å². The van der Waals surface area contributed by atoms with Gasteiger partial charge in [-0.05, 0) is 122 Å². The summed E-state index contributed by atoms with van der Waals surface area (Å²) in [5, 5.41) is 37.8. The molecule has 2 aromatic heterocycles. The number of ether oxygens (including phenoxy) is 2. The van der Waals surface area contributed by atoms with Crippen LogP contribution in [0.1, 0.15) is 37.2 Å². The molecular formula is C49H44F2N6O8S. The average molecular weight is 915 g/mol. The van der Waals surface area contributed by atoms with Crippen LogP contribution in [-0.2, 0) is 19.4 Å². The Morgan fingerprint density at radius 2 is 1.00 bits per heavy atom. The predicted octanol–water partition coefficient (Wildman–Crippen LogP) is 6.72. The molecule has 6 unspecified atom stereocenters. The summed E-state index contributed by atoms with van der Waals surface area (Å²) in [6.45, 7) is 3.25. The molecule has 338 valence electrons. The van der Waals surface area contributed by atoms with E-state index in [2.05, 4.69) is 20.8 Å². The molecule has 0 saturated carbocycles. The van der Waals surface area contributed by atoms with E-state index in [0.29, 0.717) is 44.9 Å². The minimum Gasteiger partial charge on any atom is -0.484 e. The van der Waals surface area contributed by atoms with E-state index in [9.17, 15) is 37.0 Å². The zero-order valence-corrected chi connectivity index (χ0v) is 36.5. The Kier molecular flexibility index (Phi) is 12.9. The van der Waals surface area contributed by atoms with Gasteiger partial charge in [0.05, 0.1) is 51.8 Å². The molecule has 8 rings (SSSR count). The molecule has 6 aromatic carbocycles. The van der Waals surface area contributed by atoms with Crippen LogP contribution in [-0.4, -0.2) is 80.6 Å². The summed E-state index contributed by atoms with van der Waals surface area (Å²) in [7, 11) is -3.54. The number of fused-ring (bicyclic) bond motifs is 2. The van der Waals surface area contributed by atoms with Gasteiger partial charge in [0.2, 0.25) is 0 Å². The van der Waals surface area contributed by atoms with Crippen molar-refractivity contribution < 1.29 is 46.5 Å². The van der Waals surface area contributed by atoms with E-state index in [1.807, 2.05) is 18.2 Å². The maximum Gasteiger partial charge on any atom is 0.252 e. The number of hydrogen-bond donors (Lipinski definition) is 4. The fourth-order valence-corrected chi connectivity index (χ4v) is 8.19. The first-order chi connectivity index (χ1) is 31.6. The predicted molar refractivity (Wildman–Crippen MR) is 242 cm³/mol. The summed E-state index contributed by atoms with van der Waals surface area (Å²) in [6, 6.07) is 35.4. The maximum absolute atomic E-state index is 13.6. The highest BCUT2D eigenvalue weighted by molar-refractivity contribution is 7.90. The lowest BCUT2D eigenvalue weighted by molar-refractivity contribution is -0.147. The van der Waals surface area contributed by atoms with Gasteiger partial charge in [0.25, 0.3) is 11.8 Å². The summed E-state index contributed by atoms with van der Waals surface area (Å²) >= 11 is 0. The lowest BCUT2D eigenvalue weighted by atomic mass is 10.0. The number of benzene rings is 6. The van der Waals surface area contributed by atoms with E-state index in [-0.39, 0.29) is 16.5 Å². The number of aliphatic hydroxyl groups is 2. The van der Waals surface area contributed by atoms with Crippen LogP contribution in [0.2, 0.25) is 0 Å². The SMILES string of the molecule is CC(NC(=O)C(O)C(O)C(=O)NC(C)C(Oc1ccc2c(cnn2-c2ccc(F)cc2)c1)c1ccc(S(C)(=O)=O)cc1)C(Oc1ccc2c(cnn2-c2ccc(F)cc2)c1)c1ccccc1. The molecule has 14 nitrogen and oxygen atoms in total. The first-order valence-corrected chi connectivity index (χ1v) is 22.6. The van der Waals surface area contributed by atoms with Gasteiger partial charge in [-0.25, -0.2) is 26.6 Å². The summed E-state index contributed by atoms with van der Waals surface area (Å²) < 4.78 is 67.9. The number of carbonyl (C=O) groups excluding carboxylic acids is 2. The van der Waals surface area contributed by atoms with Gasteiger partial charge in [0, 0.05) is 17.0 Å². The first-order valence-electron chi connectivity index (χ1n) is 20.8. The van der Waals surface area contributed by atoms with E-state index in [4.69, 9.17) is 9.47 Å². The highest BCUT2D eigenvalue weighted by Gasteiger charge is 2.35. The topological polar surface area (TPSA) is 187 Å². The van der Waals surface area contributed by atoms with E-state index in [0.717, 1.165) is 17.2 Å². The van der Waals surface area contributed by atoms with Gasteiger partial charge in [0.15, 0.2) is 22.0 Å². The number of halogens is 2. The van der Waals surface area contributed by atoms with Crippen molar-refractivity contribution in [1.82, 2.24) is 30.2 Å². The van der Waals surface area contributed by atoms with Crippen LogP contribution in [0.4, 0.5) is 8.78 Å². The molecule has 0 saturated heterocycles. The minimum atomic E-state index is -3.54. The lowest BCUT2D eigenvalue weighted by Gasteiger charge is -2.29. The average Bonchev–Trinajstić information content (AvgIpc) is 3.94. The van der Waals surface area contributed by atoms with Gasteiger partial charge >= 0.3 is 0 Å². The van der Waals surface area contributed by atoms with Crippen molar-refractivity contribution in [2.45, 2.75) is 55.2 Å². The van der Waals surface area contributed by atoms with Crippen LogP contribution < -0.4 is 20.1 Å². The molecular weight excluding hydrogens is 871 g/mol. The fraction of sp³-hybridized carbons (Fsp3) is 0.184. The Balaban J connectivity index is 0.965. The second-order valence-corrected chi connectivity index (χ2v) is 17.8. The van der Waals surface area contributed by atoms with Gasteiger partial charge < -0.3 is 30.3 Å². The quantitative estimate of drug-likeness (QED) is 0.0811. The number of nitrogens with zero attached hydrogens (tertiary/aromatic N) is 4. The Bertz CT molecular complexity index is 3110. The molecule has 0 aliphatic carbocycles. The van der Waals surface area contributed by atoms with Crippen LogP contribution in [0.5, 0.6) is 11.5 Å². The highest BCUT2D eigenvalue weighted by atomic mass is 32.2. The number of sulfone groups is 1. The van der Waals surface area contributed by atoms with Crippen LogP contribution in [0.15, 0.2) is 157 Å². The van der Waals surface area contributed by atoms with Crippen molar-refractivity contribution in [1.29, 1.82) is 0 Å². The van der Waals surface area contributed by atoms with Gasteiger partial charge in [-0.15, -0.1) is 0 Å². The molecule has 2 heterocycles. The summed E-state index contributed by atoms with van der Waals surface area (Å²) in [5.74, 6) is -2.09. The number of nitrogens with one attached hydrogen (secondary N) is 2. The Morgan fingerprint density at radius 3 is 1.41 bits per heavy atom. The molecule has 8 aromatic rings. The standard InChI is InChI=1S/C49H44F2N6O8S/c1-29(46(31-7-5-4-6-8-31)64-39-19-23-42-33(25-39)27-52-56(42)37-15-11-35(50)12-16-37)54-48(60)44(58)45(59)49(61)55-30(2)47(32-9-21-41(22-10-32)66(3,62)63)65-40-20-24-43-34(26-40)28-53-57(43)38-17-13-36(51)14-18-38/h4-30,44-47,58-59H,1-3H3,(H,54,60)(H,55,61). The highest BCUT2D eigenvalue weighted by Crippen LogP contribution is 2.32. The molecule has 4 N–H and O–H groups in total. The molecule has 0 radical (unpaired) electrons. The fourth-order valence-electron chi connectivity index (χ4n) is 7.56. The third-order valence-corrected chi connectivity index (χ3v) is 12.1. The molecule has 17 heteroatoms. The number of rotatable bonds is 16. The molecule has 66 heavy (non-hydrogen) atoms. The minimum absolute atomic E-state index is 0.0617. The van der Waals surface area contributed by atoms with Crippen molar-refractivity contribution in [3.8, 4) is 22.9 Å². The van der Waals surface area contributed by atoms with E-state index < -0.39 is 58.2 Å². The van der Waals surface area contributed by atoms with Gasteiger partial charge in [-0.3, -0.25) is 9.59 Å². The third kappa shape index (κ3) is 9.92. The van der Waals surface area contributed by atoms with Gasteiger partial charge in [-0.2, -0.15) is 10.2 Å². The van der Waals surface area contributed by atoms with Crippen molar-refractivity contribution >= 4 is 43.5 Å². The number of aliphatic hydroxyl groups excluding tert-OH is 2. The molecule has 0 spiro atoms. The normalized spacial score (nSPS) is 14.5. The van der Waals surface area contributed by atoms with Crippen LogP contribution in [0, 0.1) is 11.6 Å². The smallest absolute Gasteiger partial charge is 0.252 e. The molecule has 0 bridgehead atoms. The third-order valence-electron chi connectivity index (χ3n) is 11.0. The van der Waals surface area contributed by atoms with Crippen molar-refractivity contribution in [2.75, 3.05) is 6.26 Å². The Morgan fingerprint density at radius 1 is 0.591 bits per heavy atom. The maximum atomic E-state index is 13.6.